The Morgan fingerprint density at radius 2 is 2.04 bits per heavy atom. The summed E-state index contributed by atoms with van der Waals surface area (Å²) in [6.07, 6.45) is 0.587. The molecule has 0 amide bonds. The second-order valence-corrected chi connectivity index (χ2v) is 6.41. The van der Waals surface area contributed by atoms with Gasteiger partial charge in [-0.3, -0.25) is 0 Å². The highest BCUT2D eigenvalue weighted by molar-refractivity contribution is 7.09. The molecule has 0 radical (unpaired) electrons. The minimum Gasteiger partial charge on any atom is -0.486 e. The van der Waals surface area contributed by atoms with E-state index in [4.69, 9.17) is 14.0 Å². The highest BCUT2D eigenvalue weighted by Crippen LogP contribution is 2.18. The van der Waals surface area contributed by atoms with Crippen molar-refractivity contribution in [2.45, 2.75) is 33.5 Å². The normalized spacial score (nSPS) is 10.7. The minimum atomic E-state index is -0.474. The van der Waals surface area contributed by atoms with Gasteiger partial charge in [-0.25, -0.2) is 14.2 Å². The van der Waals surface area contributed by atoms with Crippen LogP contribution >= 0.6 is 11.3 Å². The lowest BCUT2D eigenvalue weighted by molar-refractivity contribution is 0.0465. The lowest BCUT2D eigenvalue weighted by Crippen LogP contribution is -2.08. The second kappa shape index (κ2) is 8.09. The average molecular weight is 376 g/mol. The summed E-state index contributed by atoms with van der Waals surface area (Å²) in [7, 11) is 0. The molecular formula is C18H17FN2O4S. The Hall–Kier alpha value is -2.74. The lowest BCUT2D eigenvalue weighted by atomic mass is 10.1. The van der Waals surface area contributed by atoms with Crippen LogP contribution in [0, 0.1) is 12.7 Å². The number of benzene rings is 1. The van der Waals surface area contributed by atoms with Gasteiger partial charge in [0.15, 0.2) is 0 Å². The molecule has 0 saturated carbocycles. The third kappa shape index (κ3) is 4.26. The molecule has 0 aliphatic rings. The fourth-order valence-electron chi connectivity index (χ4n) is 2.29. The van der Waals surface area contributed by atoms with Crippen LogP contribution in [0.25, 0.3) is 0 Å². The largest absolute Gasteiger partial charge is 0.486 e. The number of esters is 1. The van der Waals surface area contributed by atoms with Crippen LogP contribution in [0.2, 0.25) is 0 Å². The summed E-state index contributed by atoms with van der Waals surface area (Å²) < 4.78 is 28.8. The zero-order chi connectivity index (χ0) is 18.5. The van der Waals surface area contributed by atoms with Gasteiger partial charge in [-0.15, -0.1) is 11.3 Å². The Morgan fingerprint density at radius 1 is 1.27 bits per heavy atom. The van der Waals surface area contributed by atoms with E-state index in [9.17, 15) is 9.18 Å². The molecule has 2 heterocycles. The van der Waals surface area contributed by atoms with Crippen molar-refractivity contribution in [1.29, 1.82) is 0 Å². The van der Waals surface area contributed by atoms with Crippen LogP contribution in [0.5, 0.6) is 5.75 Å². The van der Waals surface area contributed by atoms with Gasteiger partial charge in [-0.2, -0.15) is 0 Å². The van der Waals surface area contributed by atoms with Crippen molar-refractivity contribution in [2.75, 3.05) is 0 Å². The molecule has 0 spiro atoms. The Kier molecular flexibility index (Phi) is 5.62. The Morgan fingerprint density at radius 3 is 2.77 bits per heavy atom. The Bertz CT molecular complexity index is 889. The van der Waals surface area contributed by atoms with E-state index >= 15 is 0 Å². The maximum atomic E-state index is 12.9. The van der Waals surface area contributed by atoms with Gasteiger partial charge in [0, 0.05) is 5.38 Å². The zero-order valence-corrected chi connectivity index (χ0v) is 15.1. The molecule has 0 atom stereocenters. The molecule has 26 heavy (non-hydrogen) atoms. The first kappa shape index (κ1) is 18.1. The van der Waals surface area contributed by atoms with Crippen LogP contribution in [0.3, 0.4) is 0 Å². The smallest absolute Gasteiger partial charge is 0.344 e. The van der Waals surface area contributed by atoms with Crippen LogP contribution in [0.4, 0.5) is 4.39 Å². The molecule has 8 heteroatoms. The van der Waals surface area contributed by atoms with E-state index in [0.717, 1.165) is 5.01 Å². The number of aryl methyl sites for hydroxylation is 2. The number of carbonyl (C=O) groups is 1. The first-order valence-corrected chi connectivity index (χ1v) is 8.88. The van der Waals surface area contributed by atoms with Crippen LogP contribution in [-0.2, 0) is 24.4 Å². The number of hydrogen-bond acceptors (Lipinski definition) is 7. The molecule has 0 fully saturated rings. The van der Waals surface area contributed by atoms with Gasteiger partial charge in [0.25, 0.3) is 0 Å². The summed E-state index contributed by atoms with van der Waals surface area (Å²) in [6.45, 7) is 3.88. The topological polar surface area (TPSA) is 74.5 Å². The van der Waals surface area contributed by atoms with E-state index in [1.54, 1.807) is 24.4 Å². The predicted octanol–water partition coefficient (Wildman–Crippen LogP) is 4.08. The zero-order valence-electron chi connectivity index (χ0n) is 14.3. The molecule has 0 bridgehead atoms. The van der Waals surface area contributed by atoms with E-state index in [1.807, 2.05) is 6.92 Å². The van der Waals surface area contributed by atoms with E-state index in [0.29, 0.717) is 34.9 Å². The molecule has 0 N–H and O–H groups in total. The SMILES string of the molecule is CCc1noc(C)c1C(=O)OCc1csc(COc2ccc(F)cc2)n1. The van der Waals surface area contributed by atoms with Crippen molar-refractivity contribution in [3.8, 4) is 5.75 Å². The third-order valence-electron chi connectivity index (χ3n) is 3.60. The third-order valence-corrected chi connectivity index (χ3v) is 4.47. The van der Waals surface area contributed by atoms with Gasteiger partial charge in [-0.1, -0.05) is 12.1 Å². The highest BCUT2D eigenvalue weighted by Gasteiger charge is 2.20. The summed E-state index contributed by atoms with van der Waals surface area (Å²) in [4.78, 5) is 16.6. The number of nitrogens with zero attached hydrogens (tertiary/aromatic N) is 2. The molecule has 3 aromatic rings. The summed E-state index contributed by atoms with van der Waals surface area (Å²) in [6, 6.07) is 5.77. The van der Waals surface area contributed by atoms with Crippen LogP contribution in [0.1, 0.15) is 39.4 Å². The van der Waals surface area contributed by atoms with Gasteiger partial charge in [0.05, 0.1) is 11.4 Å². The fraction of sp³-hybridized carbons (Fsp3) is 0.278. The maximum Gasteiger partial charge on any atom is 0.344 e. The number of hydrogen-bond donors (Lipinski definition) is 0. The van der Waals surface area contributed by atoms with Crippen molar-refractivity contribution < 1.29 is 23.2 Å². The Balaban J connectivity index is 1.54. The molecule has 0 aliphatic carbocycles. The maximum absolute atomic E-state index is 12.9. The molecule has 0 aliphatic heterocycles. The lowest BCUT2D eigenvalue weighted by Gasteiger charge is -2.04. The monoisotopic (exact) mass is 376 g/mol. The molecule has 3 rings (SSSR count). The molecule has 136 valence electrons. The van der Waals surface area contributed by atoms with Crippen LogP contribution < -0.4 is 4.74 Å². The summed E-state index contributed by atoms with van der Waals surface area (Å²) in [5.41, 5.74) is 1.59. The number of halogens is 1. The first-order valence-electron chi connectivity index (χ1n) is 8.00. The first-order chi connectivity index (χ1) is 12.6. The van der Waals surface area contributed by atoms with Crippen LogP contribution in [-0.4, -0.2) is 16.1 Å². The van der Waals surface area contributed by atoms with Gasteiger partial charge in [0.2, 0.25) is 0 Å². The van der Waals surface area contributed by atoms with Gasteiger partial charge < -0.3 is 14.0 Å². The van der Waals surface area contributed by atoms with Gasteiger partial charge in [-0.05, 0) is 37.6 Å². The molecule has 0 unspecified atom stereocenters. The van der Waals surface area contributed by atoms with E-state index in [1.165, 1.54) is 23.5 Å². The summed E-state index contributed by atoms with van der Waals surface area (Å²) in [5, 5.41) is 6.38. The van der Waals surface area contributed by atoms with E-state index in [-0.39, 0.29) is 19.0 Å². The Labute approximate surface area is 153 Å². The van der Waals surface area contributed by atoms with Gasteiger partial charge in [0.1, 0.15) is 41.1 Å². The molecular weight excluding hydrogens is 359 g/mol. The molecule has 0 saturated heterocycles. The van der Waals surface area contributed by atoms with Crippen molar-refractivity contribution >= 4 is 17.3 Å². The van der Waals surface area contributed by atoms with E-state index in [2.05, 4.69) is 10.1 Å². The second-order valence-electron chi connectivity index (χ2n) is 5.47. The minimum absolute atomic E-state index is 0.0552. The standard InChI is InChI=1S/C18H17FN2O4S/c1-3-15-17(11(2)25-21-15)18(22)24-8-13-10-26-16(20-13)9-23-14-6-4-12(19)5-7-14/h4-7,10H,3,8-9H2,1-2H3. The molecule has 6 nitrogen and oxygen atoms in total. The van der Waals surface area contributed by atoms with Crippen molar-refractivity contribution in [3.63, 3.8) is 0 Å². The molecule has 2 aromatic heterocycles. The highest BCUT2D eigenvalue weighted by atomic mass is 32.1. The number of thiazole rings is 1. The summed E-state index contributed by atoms with van der Waals surface area (Å²) >= 11 is 1.40. The number of rotatable bonds is 7. The van der Waals surface area contributed by atoms with Crippen molar-refractivity contribution in [1.82, 2.24) is 10.1 Å². The predicted molar refractivity (Wildman–Crippen MR) is 92.6 cm³/mol. The van der Waals surface area contributed by atoms with E-state index < -0.39 is 5.97 Å². The van der Waals surface area contributed by atoms with Crippen molar-refractivity contribution in [2.24, 2.45) is 0 Å². The number of carbonyl (C=O) groups excluding carboxylic acids is 1. The quantitative estimate of drug-likeness (QED) is 0.579. The van der Waals surface area contributed by atoms with Crippen LogP contribution in [0.15, 0.2) is 34.2 Å². The van der Waals surface area contributed by atoms with Crippen molar-refractivity contribution in [3.05, 3.63) is 63.2 Å². The summed E-state index contributed by atoms with van der Waals surface area (Å²) in [5.74, 6) is 0.214. The average Bonchev–Trinajstić information content (AvgIpc) is 3.25. The number of aromatic nitrogens is 2. The molecule has 1 aromatic carbocycles. The van der Waals surface area contributed by atoms with Gasteiger partial charge >= 0.3 is 5.97 Å². The fourth-order valence-corrected chi connectivity index (χ4v) is 2.98. The number of ether oxygens (including phenoxy) is 2.